The zero-order valence-corrected chi connectivity index (χ0v) is 15.0. The lowest BCUT2D eigenvalue weighted by atomic mass is 9.93. The number of pyridine rings is 1. The molecule has 2 aromatic carbocycles. The molecular weight excluding hydrogens is 360 g/mol. The lowest BCUT2D eigenvalue weighted by Crippen LogP contribution is -1.93. The van der Waals surface area contributed by atoms with E-state index in [0.717, 1.165) is 23.0 Å². The fourth-order valence-electron chi connectivity index (χ4n) is 2.94. The van der Waals surface area contributed by atoms with Crippen LogP contribution in [0.15, 0.2) is 89.9 Å². The van der Waals surface area contributed by atoms with Crippen LogP contribution in [-0.2, 0) is 0 Å². The van der Waals surface area contributed by atoms with Gasteiger partial charge in [-0.15, -0.1) is 0 Å². The van der Waals surface area contributed by atoms with Crippen LogP contribution in [0.25, 0.3) is 28.2 Å². The van der Waals surface area contributed by atoms with Crippen LogP contribution >= 0.6 is 11.6 Å². The molecule has 27 heavy (non-hydrogen) atoms. The van der Waals surface area contributed by atoms with Crippen LogP contribution in [0.2, 0.25) is 5.02 Å². The minimum atomic E-state index is 0.574. The minimum absolute atomic E-state index is 0.574. The average Bonchev–Trinajstić information content (AvgIpc) is 3.15. The Bertz CT molecular complexity index is 1070. The van der Waals surface area contributed by atoms with Crippen LogP contribution in [0.5, 0.6) is 0 Å². The molecule has 4 rings (SSSR count). The van der Waals surface area contributed by atoms with Gasteiger partial charge in [0.1, 0.15) is 5.69 Å². The topological polar surface area (TPSA) is 59.2 Å². The molecule has 4 nitrogen and oxygen atoms in total. The number of hydrogen-bond donors (Lipinski definition) is 1. The van der Waals surface area contributed by atoms with Crippen molar-refractivity contribution in [1.82, 2.24) is 10.1 Å². The average molecular weight is 375 g/mol. The Labute approximate surface area is 161 Å². The van der Waals surface area contributed by atoms with Gasteiger partial charge in [0, 0.05) is 39.7 Å². The first kappa shape index (κ1) is 17.1. The highest BCUT2D eigenvalue weighted by atomic mass is 35.5. The molecule has 132 valence electrons. The first-order valence-electron chi connectivity index (χ1n) is 8.34. The SMILES string of the molecule is O/C=C(\c1cccnc1)c1c(-c2ccc(Cl)cc2)noc1-c1ccccc1. The quantitative estimate of drug-likeness (QED) is 0.445. The molecule has 0 radical (unpaired) electrons. The minimum Gasteiger partial charge on any atom is -0.515 e. The summed E-state index contributed by atoms with van der Waals surface area (Å²) < 4.78 is 5.72. The van der Waals surface area contributed by atoms with Crippen LogP contribution in [0.1, 0.15) is 11.1 Å². The third-order valence-electron chi connectivity index (χ3n) is 4.22. The van der Waals surface area contributed by atoms with Gasteiger partial charge in [0.05, 0.1) is 11.8 Å². The summed E-state index contributed by atoms with van der Waals surface area (Å²) in [4.78, 5) is 4.16. The van der Waals surface area contributed by atoms with Crippen LogP contribution in [0, 0.1) is 0 Å². The summed E-state index contributed by atoms with van der Waals surface area (Å²) in [7, 11) is 0. The Morgan fingerprint density at radius 1 is 0.926 bits per heavy atom. The van der Waals surface area contributed by atoms with Crippen LogP contribution < -0.4 is 0 Å². The van der Waals surface area contributed by atoms with Crippen molar-refractivity contribution in [3.63, 3.8) is 0 Å². The van der Waals surface area contributed by atoms with E-state index in [-0.39, 0.29) is 0 Å². The van der Waals surface area contributed by atoms with E-state index >= 15 is 0 Å². The smallest absolute Gasteiger partial charge is 0.175 e. The van der Waals surface area contributed by atoms with Gasteiger partial charge in [-0.1, -0.05) is 65.3 Å². The zero-order valence-electron chi connectivity index (χ0n) is 14.2. The Balaban J connectivity index is 1.96. The van der Waals surface area contributed by atoms with Gasteiger partial charge in [-0.3, -0.25) is 4.98 Å². The molecule has 0 saturated heterocycles. The predicted octanol–water partition coefficient (Wildman–Crippen LogP) is 6.00. The molecule has 0 saturated carbocycles. The van der Waals surface area contributed by atoms with Crippen molar-refractivity contribution < 1.29 is 9.63 Å². The number of hydrogen-bond acceptors (Lipinski definition) is 4. The molecule has 0 atom stereocenters. The molecule has 0 aliphatic carbocycles. The fourth-order valence-corrected chi connectivity index (χ4v) is 3.06. The van der Waals surface area contributed by atoms with Crippen molar-refractivity contribution in [2.75, 3.05) is 0 Å². The molecule has 0 unspecified atom stereocenters. The molecule has 4 aromatic rings. The number of halogens is 1. The molecule has 0 aliphatic rings. The van der Waals surface area contributed by atoms with Gasteiger partial charge in [-0.2, -0.15) is 0 Å². The van der Waals surface area contributed by atoms with E-state index in [1.165, 1.54) is 0 Å². The Kier molecular flexibility index (Phi) is 4.73. The van der Waals surface area contributed by atoms with E-state index in [0.29, 0.717) is 27.6 Å². The highest BCUT2D eigenvalue weighted by Gasteiger charge is 2.23. The second kappa shape index (κ2) is 7.48. The normalized spacial score (nSPS) is 11.5. The molecule has 1 N–H and O–H groups in total. The second-order valence-corrected chi connectivity index (χ2v) is 6.33. The van der Waals surface area contributed by atoms with E-state index in [1.807, 2.05) is 54.6 Å². The first-order chi connectivity index (χ1) is 13.3. The molecule has 2 heterocycles. The standard InChI is InChI=1S/C22H15ClN2O2/c23-18-10-8-15(9-11-18)21-20(19(14-26)17-7-4-12-24-13-17)22(27-25-21)16-5-2-1-3-6-16/h1-14,26H/b19-14+. The van der Waals surface area contributed by atoms with Crippen LogP contribution in [0.3, 0.4) is 0 Å². The van der Waals surface area contributed by atoms with Crippen molar-refractivity contribution in [2.24, 2.45) is 0 Å². The summed E-state index contributed by atoms with van der Waals surface area (Å²) in [6.07, 6.45) is 4.44. The Hall–Kier alpha value is -3.37. The number of aromatic nitrogens is 2. The van der Waals surface area contributed by atoms with Gasteiger partial charge in [0.25, 0.3) is 0 Å². The molecule has 0 spiro atoms. The number of nitrogens with zero attached hydrogens (tertiary/aromatic N) is 2. The maximum Gasteiger partial charge on any atom is 0.175 e. The summed E-state index contributed by atoms with van der Waals surface area (Å²) >= 11 is 6.02. The van der Waals surface area contributed by atoms with Gasteiger partial charge < -0.3 is 9.63 Å². The molecule has 0 fully saturated rings. The Morgan fingerprint density at radius 3 is 2.37 bits per heavy atom. The second-order valence-electron chi connectivity index (χ2n) is 5.89. The van der Waals surface area contributed by atoms with Crippen molar-refractivity contribution in [1.29, 1.82) is 0 Å². The Morgan fingerprint density at radius 2 is 1.70 bits per heavy atom. The summed E-state index contributed by atoms with van der Waals surface area (Å²) in [6.45, 7) is 0. The maximum absolute atomic E-state index is 10.1. The lowest BCUT2D eigenvalue weighted by molar-refractivity contribution is 0.434. The number of aliphatic hydroxyl groups excluding tert-OH is 1. The van der Waals surface area contributed by atoms with Gasteiger partial charge in [-0.05, 0) is 18.2 Å². The molecule has 5 heteroatoms. The lowest BCUT2D eigenvalue weighted by Gasteiger charge is -2.09. The fraction of sp³-hybridized carbons (Fsp3) is 0. The highest BCUT2D eigenvalue weighted by Crippen LogP contribution is 2.39. The predicted molar refractivity (Wildman–Crippen MR) is 106 cm³/mol. The van der Waals surface area contributed by atoms with Crippen molar-refractivity contribution in [2.45, 2.75) is 0 Å². The summed E-state index contributed by atoms with van der Waals surface area (Å²) in [5, 5.41) is 15.0. The first-order valence-corrected chi connectivity index (χ1v) is 8.72. The van der Waals surface area contributed by atoms with E-state index in [2.05, 4.69) is 10.1 Å². The van der Waals surface area contributed by atoms with E-state index in [1.54, 1.807) is 24.5 Å². The summed E-state index contributed by atoms with van der Waals surface area (Å²) in [6, 6.07) is 20.7. The summed E-state index contributed by atoms with van der Waals surface area (Å²) in [5.41, 5.74) is 4.35. The monoisotopic (exact) mass is 374 g/mol. The van der Waals surface area contributed by atoms with Crippen LogP contribution in [-0.4, -0.2) is 15.2 Å². The molecule has 0 amide bonds. The number of rotatable bonds is 4. The third kappa shape index (κ3) is 3.35. The van der Waals surface area contributed by atoms with E-state index < -0.39 is 0 Å². The number of aliphatic hydroxyl groups is 1. The van der Waals surface area contributed by atoms with Gasteiger partial charge >= 0.3 is 0 Å². The molecule has 2 aromatic heterocycles. The van der Waals surface area contributed by atoms with Crippen molar-refractivity contribution >= 4 is 17.2 Å². The van der Waals surface area contributed by atoms with Crippen molar-refractivity contribution in [3.8, 4) is 22.6 Å². The van der Waals surface area contributed by atoms with Crippen LogP contribution in [0.4, 0.5) is 0 Å². The zero-order chi connectivity index (χ0) is 18.6. The van der Waals surface area contributed by atoms with E-state index in [9.17, 15) is 5.11 Å². The van der Waals surface area contributed by atoms with E-state index in [4.69, 9.17) is 16.1 Å². The van der Waals surface area contributed by atoms with Gasteiger partial charge in [0.15, 0.2) is 5.76 Å². The number of benzene rings is 2. The maximum atomic E-state index is 10.1. The third-order valence-corrected chi connectivity index (χ3v) is 4.47. The van der Waals surface area contributed by atoms with Crippen molar-refractivity contribution in [3.05, 3.63) is 102 Å². The van der Waals surface area contributed by atoms with Gasteiger partial charge in [-0.25, -0.2) is 0 Å². The van der Waals surface area contributed by atoms with Gasteiger partial charge in [0.2, 0.25) is 0 Å². The summed E-state index contributed by atoms with van der Waals surface area (Å²) in [5.74, 6) is 0.574. The molecule has 0 bridgehead atoms. The molecule has 0 aliphatic heterocycles. The highest BCUT2D eigenvalue weighted by molar-refractivity contribution is 6.30. The molecular formula is C22H15ClN2O2. The largest absolute Gasteiger partial charge is 0.515 e.